The molecule has 0 amide bonds. The normalized spacial score (nSPS) is 13.3. The van der Waals surface area contributed by atoms with Gasteiger partial charge < -0.3 is 23.7 Å². The largest absolute Gasteiger partial charge is 0.493 e. The number of carbonyl (C=O) groups is 12. The number of Topliss-reactive ketones (excluding diaryl/α,β-unsaturated/α-hetero) is 12. The van der Waals surface area contributed by atoms with Crippen LogP contribution in [0.5, 0.6) is 28.7 Å². The minimum absolute atomic E-state index is 0.00227. The van der Waals surface area contributed by atoms with Crippen molar-refractivity contribution in [2.75, 3.05) is 44.5 Å². The van der Waals surface area contributed by atoms with Gasteiger partial charge in [0.2, 0.25) is 0 Å². The Bertz CT molecular complexity index is 6670. The molecule has 6 aliphatic heterocycles. The molecule has 0 aliphatic carbocycles. The molecule has 738 valence electrons. The van der Waals surface area contributed by atoms with Crippen LogP contribution >= 0.6 is 23.5 Å². The summed E-state index contributed by atoms with van der Waals surface area (Å²) in [6, 6.07) is 69.5. The first-order chi connectivity index (χ1) is 68.8. The lowest BCUT2D eigenvalue weighted by molar-refractivity contribution is -0.138. The molecule has 12 aromatic carbocycles. The molecule has 0 spiro atoms. The van der Waals surface area contributed by atoms with Crippen molar-refractivity contribution >= 4 is 92.9 Å². The quantitative estimate of drug-likeness (QED) is 0.0300. The van der Waals surface area contributed by atoms with Crippen LogP contribution in [0.1, 0.15) is 278 Å². The van der Waals surface area contributed by atoms with Crippen LogP contribution < -0.4 is 23.7 Å². The summed E-state index contributed by atoms with van der Waals surface area (Å²) >= 11 is 3.64. The first-order valence-corrected chi connectivity index (χ1v) is 49.4. The molecular formula is C116H104F8O17S2. The van der Waals surface area contributed by atoms with E-state index in [0.29, 0.717) is 89.0 Å². The molecule has 143 heavy (non-hydrogen) atoms. The van der Waals surface area contributed by atoms with Gasteiger partial charge in [0, 0.05) is 160 Å². The van der Waals surface area contributed by atoms with E-state index in [9.17, 15) is 92.7 Å². The number of aryl methyl sites for hydroxylation is 6. The molecule has 6 heterocycles. The molecule has 0 fully saturated rings. The number of alkyl halides is 6. The van der Waals surface area contributed by atoms with Crippen molar-refractivity contribution in [3.8, 4) is 28.7 Å². The molecule has 17 nitrogen and oxygen atoms in total. The Kier molecular flexibility index (Phi) is 38.2. The summed E-state index contributed by atoms with van der Waals surface area (Å²) in [6.45, 7) is 5.22. The Morgan fingerprint density at radius 3 is 0.916 bits per heavy atom. The number of hydrogen-bond donors (Lipinski definition) is 0. The highest BCUT2D eigenvalue weighted by Gasteiger charge is 2.36. The zero-order valence-electron chi connectivity index (χ0n) is 78.6. The first kappa shape index (κ1) is 106. The van der Waals surface area contributed by atoms with E-state index >= 15 is 0 Å². The molecule has 0 atom stereocenters. The fourth-order valence-electron chi connectivity index (χ4n) is 16.4. The predicted molar refractivity (Wildman–Crippen MR) is 530 cm³/mol. The van der Waals surface area contributed by atoms with E-state index in [1.54, 1.807) is 84.6 Å². The number of rotatable bonds is 30. The maximum absolute atomic E-state index is 13.6. The van der Waals surface area contributed by atoms with Gasteiger partial charge in [0.25, 0.3) is 0 Å². The van der Waals surface area contributed by atoms with Gasteiger partial charge in [-0.1, -0.05) is 181 Å². The van der Waals surface area contributed by atoms with Gasteiger partial charge in [-0.05, 0) is 184 Å². The van der Waals surface area contributed by atoms with E-state index in [2.05, 4.69) is 0 Å². The zero-order chi connectivity index (χ0) is 102. The van der Waals surface area contributed by atoms with Crippen molar-refractivity contribution in [3.63, 3.8) is 0 Å². The van der Waals surface area contributed by atoms with Crippen molar-refractivity contribution in [2.24, 2.45) is 0 Å². The first-order valence-electron chi connectivity index (χ1n) is 47.4. The molecule has 0 saturated carbocycles. The summed E-state index contributed by atoms with van der Waals surface area (Å²) in [4.78, 5) is 149. The maximum Gasteiger partial charge on any atom is 0.417 e. The fourth-order valence-corrected chi connectivity index (χ4v) is 18.7. The Balaban J connectivity index is 0.000000144. The predicted octanol–water partition coefficient (Wildman–Crippen LogP) is 26.6. The summed E-state index contributed by atoms with van der Waals surface area (Å²) < 4.78 is 132. The summed E-state index contributed by atoms with van der Waals surface area (Å²) in [5, 5.41) is 0. The topological polar surface area (TPSA) is 251 Å². The number of ketones is 12. The number of ether oxygens (including phenoxy) is 5. The highest BCUT2D eigenvalue weighted by atomic mass is 32.2. The van der Waals surface area contributed by atoms with Crippen LogP contribution in [0, 0.1) is 18.6 Å². The van der Waals surface area contributed by atoms with Gasteiger partial charge in [0.1, 0.15) is 40.4 Å². The SMILES string of the molecule is Cc1ccc(C(=O)CCC(=O)c2ccc3c(c2)OCCC3)cc1.O=C(CCC(=O)c1ccc2c(c1)OCCC2)c1cccc(C(F)(F)F)c1.O=C(CCC(=O)c1ccc2c(c1)OCCC2)c1cccc(F)c1.O=C(CCC(=O)c1ccc2c(c1)SCCS2)c1ccccc1.O=C(CCC(=O)c1ccccc1C(F)(F)F)c1ccc2c(c1)OCCC2.O=C(CCC(=O)c1ccccc1F)c1ccc2c(c1)OCCC2. The van der Waals surface area contributed by atoms with Crippen molar-refractivity contribution in [1.29, 1.82) is 0 Å². The van der Waals surface area contributed by atoms with Crippen LogP contribution in [0.25, 0.3) is 0 Å². The summed E-state index contributed by atoms with van der Waals surface area (Å²) in [5.41, 5.74) is 9.24. The molecule has 0 saturated heterocycles. The number of thioether (sulfide) groups is 2. The molecule has 0 radical (unpaired) electrons. The molecule has 0 N–H and O–H groups in total. The Morgan fingerprint density at radius 2 is 0.545 bits per heavy atom. The third-order valence-electron chi connectivity index (χ3n) is 24.4. The molecule has 0 bridgehead atoms. The lowest BCUT2D eigenvalue weighted by Gasteiger charge is -2.17. The van der Waals surface area contributed by atoms with Gasteiger partial charge in [-0.25, -0.2) is 8.78 Å². The van der Waals surface area contributed by atoms with Crippen LogP contribution in [-0.4, -0.2) is 114 Å². The van der Waals surface area contributed by atoms with E-state index < -0.39 is 52.2 Å². The van der Waals surface area contributed by atoms with Crippen LogP contribution in [0.3, 0.4) is 0 Å². The molecule has 27 heteroatoms. The zero-order valence-corrected chi connectivity index (χ0v) is 80.2. The summed E-state index contributed by atoms with van der Waals surface area (Å²) in [6.07, 6.45) is 1.04. The van der Waals surface area contributed by atoms with Crippen molar-refractivity contribution in [2.45, 2.75) is 170 Å². The molecule has 12 aromatic rings. The van der Waals surface area contributed by atoms with Gasteiger partial charge in [0.05, 0.1) is 49.7 Å². The number of fused-ring (bicyclic) bond motifs is 6. The monoisotopic (exact) mass is 1980 g/mol. The van der Waals surface area contributed by atoms with Crippen LogP contribution in [-0.2, 0) is 44.5 Å². The maximum atomic E-state index is 13.6. The highest BCUT2D eigenvalue weighted by Crippen LogP contribution is 2.40. The average molecular weight is 1990 g/mol. The second-order valence-electron chi connectivity index (χ2n) is 34.7. The number of hydrogen-bond acceptors (Lipinski definition) is 19. The minimum atomic E-state index is -4.61. The lowest BCUT2D eigenvalue weighted by atomic mass is 9.96. The van der Waals surface area contributed by atoms with E-state index in [0.717, 1.165) is 156 Å². The molecular weight excluding hydrogens is 1880 g/mol. The molecule has 18 rings (SSSR count). The molecule has 0 aromatic heterocycles. The van der Waals surface area contributed by atoms with Gasteiger partial charge in [-0.15, -0.1) is 23.5 Å². The van der Waals surface area contributed by atoms with E-state index in [4.69, 9.17) is 23.7 Å². The van der Waals surface area contributed by atoms with Gasteiger partial charge in [-0.2, -0.15) is 26.3 Å². The standard InChI is InChI=1S/2C20H17F3O3.C20H20O3.2C19H17FO3.C18H16O2S2/c21-20(22,23)16-5-1-3-14(11-16)17(24)8-9-18(25)15-7-6-13-4-2-10-26-19(13)12-15;21-20(22,23)16-6-2-1-5-15(16)18(25)10-9-17(24)14-8-7-13-4-3-11-26-19(13)12-14;1-14-4-6-15(7-5-14)18(21)10-11-19(22)17-9-8-16-3-2-12-23-20(16)13-17;20-16-5-1-3-14(11-16)17(21)8-9-18(22)15-7-6-13-4-2-10-23-19(13)12-15;20-16-6-2-1-5-15(16)18(22)10-9-17(21)14-8-7-13-4-3-11-23-19(13)12-14;19-15(13-4-2-1-3-5-13)7-8-16(20)14-6-9-17-18(12-14)22-11-10-21-17/h1,3,5-7,11-12H,2,4,8-10H2;1-2,5-8,12H,3-4,9-11H2;4-9,13H,2-3,10-12H2,1H3;1,3,5-7,11-12H,2,4,8-10H2;1-2,5-8,12H,3-4,9-11H2;1-6,9,12H,7-8,10-11H2. The average Bonchev–Trinajstić information content (AvgIpc) is 0.847. The molecule has 0 unspecified atom stereocenters. The highest BCUT2D eigenvalue weighted by molar-refractivity contribution is 8.05. The van der Waals surface area contributed by atoms with Gasteiger partial charge >= 0.3 is 12.4 Å². The van der Waals surface area contributed by atoms with Crippen LogP contribution in [0.2, 0.25) is 0 Å². The second-order valence-corrected chi connectivity index (χ2v) is 36.9. The smallest absolute Gasteiger partial charge is 0.417 e. The third kappa shape index (κ3) is 30.9. The number of benzene rings is 12. The van der Waals surface area contributed by atoms with E-state index in [1.165, 1.54) is 70.5 Å². The Hall–Kier alpha value is -14.2. The van der Waals surface area contributed by atoms with E-state index in [-0.39, 0.29) is 146 Å². The van der Waals surface area contributed by atoms with Crippen molar-refractivity contribution < 1.29 is 116 Å². The second kappa shape index (κ2) is 51.5. The summed E-state index contributed by atoms with van der Waals surface area (Å²) in [7, 11) is 0. The van der Waals surface area contributed by atoms with Crippen molar-refractivity contribution in [3.05, 3.63) is 384 Å². The minimum Gasteiger partial charge on any atom is -0.493 e. The Labute approximate surface area is 831 Å². The number of halogens is 8. The lowest BCUT2D eigenvalue weighted by Crippen LogP contribution is -2.14. The third-order valence-corrected chi connectivity index (χ3v) is 26.9. The van der Waals surface area contributed by atoms with E-state index in [1.807, 2.05) is 122 Å². The van der Waals surface area contributed by atoms with Gasteiger partial charge in [-0.3, -0.25) is 57.5 Å². The van der Waals surface area contributed by atoms with Crippen LogP contribution in [0.4, 0.5) is 35.1 Å². The van der Waals surface area contributed by atoms with Crippen molar-refractivity contribution in [1.82, 2.24) is 0 Å². The number of carbonyl (C=O) groups excluding carboxylic acids is 12. The molecule has 6 aliphatic rings. The summed E-state index contributed by atoms with van der Waals surface area (Å²) in [5.74, 6) is 2.42. The van der Waals surface area contributed by atoms with Crippen LogP contribution in [0.15, 0.2) is 271 Å². The van der Waals surface area contributed by atoms with Gasteiger partial charge in [0.15, 0.2) is 69.4 Å². The fraction of sp³-hybridized carbons (Fsp3) is 0.276. The Morgan fingerprint density at radius 1 is 0.259 bits per heavy atom.